The third-order valence-corrected chi connectivity index (χ3v) is 5.33. The van der Waals surface area contributed by atoms with E-state index in [-0.39, 0.29) is 28.4 Å². The van der Waals surface area contributed by atoms with Gasteiger partial charge in [-0.25, -0.2) is 17.5 Å². The fourth-order valence-electron chi connectivity index (χ4n) is 2.06. The number of sulfonamides is 1. The van der Waals surface area contributed by atoms with Gasteiger partial charge in [0.1, 0.15) is 0 Å². The molecule has 0 saturated heterocycles. The fraction of sp³-hybridized carbons (Fsp3) is 0.176. The Kier molecular flexibility index (Phi) is 5.55. The molecule has 0 radical (unpaired) electrons. The van der Waals surface area contributed by atoms with E-state index in [4.69, 9.17) is 5.11 Å². The van der Waals surface area contributed by atoms with Crippen LogP contribution in [0.5, 0.6) is 0 Å². The number of ketones is 1. The van der Waals surface area contributed by atoms with Gasteiger partial charge in [0.2, 0.25) is 10.0 Å². The Morgan fingerprint density at radius 1 is 1.04 bits per heavy atom. The molecule has 2 N–H and O–H groups in total. The molecule has 8 heteroatoms. The molecule has 0 aromatic heterocycles. The maximum absolute atomic E-state index is 12.3. The van der Waals surface area contributed by atoms with Gasteiger partial charge in [0, 0.05) is 25.3 Å². The molecule has 25 heavy (non-hydrogen) atoms. The molecule has 0 aliphatic heterocycles. The molecule has 0 saturated carbocycles. The third kappa shape index (κ3) is 4.43. The van der Waals surface area contributed by atoms with Crippen LogP contribution in [0.25, 0.3) is 0 Å². The monoisotopic (exact) mass is 362 g/mol. The lowest BCUT2D eigenvalue weighted by Gasteiger charge is -2.12. The summed E-state index contributed by atoms with van der Waals surface area (Å²) >= 11 is 0. The van der Waals surface area contributed by atoms with Crippen LogP contribution in [0.1, 0.15) is 20.7 Å². The molecule has 0 atom stereocenters. The molecule has 0 amide bonds. The van der Waals surface area contributed by atoms with E-state index in [1.165, 1.54) is 44.4 Å². The van der Waals surface area contributed by atoms with Gasteiger partial charge in [0.05, 0.1) is 17.0 Å². The number of carboxylic acid groups (broad SMARTS) is 1. The minimum Gasteiger partial charge on any atom is -0.478 e. The molecule has 0 heterocycles. The van der Waals surface area contributed by atoms with E-state index in [1.54, 1.807) is 18.2 Å². The fourth-order valence-corrected chi connectivity index (χ4v) is 3.00. The van der Waals surface area contributed by atoms with Crippen molar-refractivity contribution in [1.29, 1.82) is 0 Å². The summed E-state index contributed by atoms with van der Waals surface area (Å²) in [4.78, 5) is 23.1. The van der Waals surface area contributed by atoms with Crippen LogP contribution in [0.2, 0.25) is 0 Å². The van der Waals surface area contributed by atoms with Crippen molar-refractivity contribution in [3.05, 3.63) is 59.7 Å². The maximum Gasteiger partial charge on any atom is 0.335 e. The quantitative estimate of drug-likeness (QED) is 0.730. The highest BCUT2D eigenvalue weighted by Gasteiger charge is 2.18. The molecular formula is C17H18N2O5S. The summed E-state index contributed by atoms with van der Waals surface area (Å²) in [6.07, 6.45) is 0. The Labute approximate surface area is 146 Å². The standard InChI is InChI=1S/C17H18N2O5S/c1-19(2)25(23,24)15-5-3-4-13(10-15)16(20)11-18-14-8-6-12(7-9-14)17(21)22/h3-10,18H,11H2,1-2H3,(H,21,22). The topological polar surface area (TPSA) is 104 Å². The van der Waals surface area contributed by atoms with E-state index in [2.05, 4.69) is 5.32 Å². The van der Waals surface area contributed by atoms with E-state index in [1.807, 2.05) is 0 Å². The van der Waals surface area contributed by atoms with E-state index < -0.39 is 16.0 Å². The Bertz CT molecular complexity index is 890. The number of carboxylic acids is 1. The van der Waals surface area contributed by atoms with E-state index in [0.717, 1.165) is 4.31 Å². The number of benzene rings is 2. The van der Waals surface area contributed by atoms with Crippen molar-refractivity contribution >= 4 is 27.5 Å². The Balaban J connectivity index is 2.10. The van der Waals surface area contributed by atoms with Crippen molar-refractivity contribution < 1.29 is 23.1 Å². The highest BCUT2D eigenvalue weighted by molar-refractivity contribution is 7.89. The zero-order chi connectivity index (χ0) is 18.6. The first-order chi connectivity index (χ1) is 11.7. The van der Waals surface area contributed by atoms with Crippen molar-refractivity contribution in [2.24, 2.45) is 0 Å². The second-order valence-electron chi connectivity index (χ2n) is 5.47. The van der Waals surface area contributed by atoms with Crippen LogP contribution in [0.15, 0.2) is 53.4 Å². The minimum absolute atomic E-state index is 0.0438. The minimum atomic E-state index is -3.61. The zero-order valence-corrected chi connectivity index (χ0v) is 14.6. The maximum atomic E-state index is 12.3. The molecule has 0 unspecified atom stereocenters. The molecular weight excluding hydrogens is 344 g/mol. The Hall–Kier alpha value is -2.71. The lowest BCUT2D eigenvalue weighted by atomic mass is 10.1. The van der Waals surface area contributed by atoms with Gasteiger partial charge < -0.3 is 10.4 Å². The molecule has 0 aliphatic rings. The van der Waals surface area contributed by atoms with Gasteiger partial charge in [-0.1, -0.05) is 12.1 Å². The second-order valence-corrected chi connectivity index (χ2v) is 7.63. The van der Waals surface area contributed by atoms with Gasteiger partial charge in [-0.15, -0.1) is 0 Å². The third-order valence-electron chi connectivity index (χ3n) is 3.52. The lowest BCUT2D eigenvalue weighted by molar-refractivity contribution is 0.0696. The van der Waals surface area contributed by atoms with Crippen LogP contribution in [-0.2, 0) is 10.0 Å². The van der Waals surface area contributed by atoms with Gasteiger partial charge >= 0.3 is 5.97 Å². The molecule has 0 spiro atoms. The Morgan fingerprint density at radius 2 is 1.68 bits per heavy atom. The van der Waals surface area contributed by atoms with Gasteiger partial charge in [-0.2, -0.15) is 0 Å². The van der Waals surface area contributed by atoms with Gasteiger partial charge in [0.15, 0.2) is 5.78 Å². The normalized spacial score (nSPS) is 11.3. The average molecular weight is 362 g/mol. The number of anilines is 1. The van der Waals surface area contributed by atoms with E-state index in [9.17, 15) is 18.0 Å². The summed E-state index contributed by atoms with van der Waals surface area (Å²) in [6, 6.07) is 11.8. The van der Waals surface area contributed by atoms with Crippen molar-refractivity contribution in [1.82, 2.24) is 4.31 Å². The molecule has 7 nitrogen and oxygen atoms in total. The van der Waals surface area contributed by atoms with Gasteiger partial charge in [-0.3, -0.25) is 4.79 Å². The van der Waals surface area contributed by atoms with Crippen molar-refractivity contribution in [2.45, 2.75) is 4.90 Å². The van der Waals surface area contributed by atoms with Gasteiger partial charge in [-0.05, 0) is 36.4 Å². The number of Topliss-reactive ketones (excluding diaryl/α,β-unsaturated/α-hetero) is 1. The summed E-state index contributed by atoms with van der Waals surface area (Å²) < 4.78 is 25.3. The molecule has 0 aliphatic carbocycles. The van der Waals surface area contributed by atoms with Crippen LogP contribution in [0, 0.1) is 0 Å². The van der Waals surface area contributed by atoms with Crippen LogP contribution in [0.4, 0.5) is 5.69 Å². The first-order valence-corrected chi connectivity index (χ1v) is 8.79. The van der Waals surface area contributed by atoms with Crippen molar-refractivity contribution in [3.63, 3.8) is 0 Å². The number of hydrogen-bond acceptors (Lipinski definition) is 5. The molecule has 132 valence electrons. The Morgan fingerprint density at radius 3 is 2.24 bits per heavy atom. The summed E-state index contributed by atoms with van der Waals surface area (Å²) in [5.74, 6) is -1.31. The predicted octanol–water partition coefficient (Wildman–Crippen LogP) is 1.93. The molecule has 0 bridgehead atoms. The van der Waals surface area contributed by atoms with Gasteiger partial charge in [0.25, 0.3) is 0 Å². The van der Waals surface area contributed by atoms with E-state index in [0.29, 0.717) is 5.69 Å². The number of aromatic carboxylic acids is 1. The van der Waals surface area contributed by atoms with E-state index >= 15 is 0 Å². The predicted molar refractivity (Wildman–Crippen MR) is 93.5 cm³/mol. The summed E-state index contributed by atoms with van der Waals surface area (Å²) in [5, 5.41) is 11.7. The summed E-state index contributed by atoms with van der Waals surface area (Å²) in [7, 11) is -0.762. The first kappa shape index (κ1) is 18.6. The SMILES string of the molecule is CN(C)S(=O)(=O)c1cccc(C(=O)CNc2ccc(C(=O)O)cc2)c1. The largest absolute Gasteiger partial charge is 0.478 e. The highest BCUT2D eigenvalue weighted by atomic mass is 32.2. The van der Waals surface area contributed by atoms with Crippen LogP contribution in [0.3, 0.4) is 0 Å². The lowest BCUT2D eigenvalue weighted by Crippen LogP contribution is -2.22. The molecule has 2 aromatic carbocycles. The molecule has 2 rings (SSSR count). The zero-order valence-electron chi connectivity index (χ0n) is 13.8. The van der Waals surface area contributed by atoms with Crippen LogP contribution in [-0.4, -0.2) is 50.2 Å². The second kappa shape index (κ2) is 7.45. The smallest absolute Gasteiger partial charge is 0.335 e. The number of carbonyl (C=O) groups is 2. The average Bonchev–Trinajstić information content (AvgIpc) is 2.60. The first-order valence-electron chi connectivity index (χ1n) is 7.35. The number of nitrogens with zero attached hydrogens (tertiary/aromatic N) is 1. The van der Waals surface area contributed by atoms with Crippen LogP contribution >= 0.6 is 0 Å². The summed E-state index contributed by atoms with van der Waals surface area (Å²) in [5.41, 5.74) is 1.02. The number of rotatable bonds is 7. The summed E-state index contributed by atoms with van der Waals surface area (Å²) in [6.45, 7) is -0.0438. The highest BCUT2D eigenvalue weighted by Crippen LogP contribution is 2.16. The molecule has 2 aromatic rings. The van der Waals surface area contributed by atoms with Crippen LogP contribution < -0.4 is 5.32 Å². The molecule has 0 fully saturated rings. The van der Waals surface area contributed by atoms with Crippen molar-refractivity contribution in [3.8, 4) is 0 Å². The number of carbonyl (C=O) groups excluding carboxylic acids is 1. The van der Waals surface area contributed by atoms with Crippen molar-refractivity contribution in [2.75, 3.05) is 26.0 Å². The number of nitrogens with one attached hydrogen (secondary N) is 1. The number of hydrogen-bond donors (Lipinski definition) is 2.